The van der Waals surface area contributed by atoms with Crippen molar-refractivity contribution < 1.29 is 4.74 Å². The van der Waals surface area contributed by atoms with Gasteiger partial charge in [0.05, 0.1) is 19.7 Å². The Morgan fingerprint density at radius 1 is 1.45 bits per heavy atom. The van der Waals surface area contributed by atoms with Gasteiger partial charge in [-0.05, 0) is 18.6 Å². The van der Waals surface area contributed by atoms with Crippen LogP contribution in [0, 0.1) is 11.3 Å². The number of nitriles is 1. The molecule has 0 aliphatic carbocycles. The first-order valence-electron chi connectivity index (χ1n) is 7.23. The van der Waals surface area contributed by atoms with E-state index in [1.807, 2.05) is 6.07 Å². The number of benzene rings is 1. The molecule has 0 radical (unpaired) electrons. The third-order valence-electron chi connectivity index (χ3n) is 3.75. The first kappa shape index (κ1) is 16.3. The quantitative estimate of drug-likeness (QED) is 0.782. The Balaban J connectivity index is 2.49. The van der Waals surface area contributed by atoms with Crippen molar-refractivity contribution in [1.82, 2.24) is 14.8 Å². The number of methoxy groups -OCH3 is 1. The van der Waals surface area contributed by atoms with Crippen molar-refractivity contribution in [3.05, 3.63) is 41.4 Å². The second-order valence-corrected chi connectivity index (χ2v) is 5.67. The Hall–Kier alpha value is -2.06. The van der Waals surface area contributed by atoms with E-state index in [-0.39, 0.29) is 0 Å². The molecule has 1 heterocycles. The van der Waals surface area contributed by atoms with Crippen LogP contribution in [0.1, 0.15) is 31.7 Å². The van der Waals surface area contributed by atoms with E-state index in [2.05, 4.69) is 23.1 Å². The molecular formula is C16H19ClN4O. The average molecular weight is 319 g/mol. The van der Waals surface area contributed by atoms with Gasteiger partial charge in [0.15, 0.2) is 0 Å². The lowest BCUT2D eigenvalue weighted by molar-refractivity contribution is 0.357. The highest BCUT2D eigenvalue weighted by Gasteiger charge is 2.35. The minimum absolute atomic E-state index is 0.432. The fourth-order valence-corrected chi connectivity index (χ4v) is 2.74. The van der Waals surface area contributed by atoms with Crippen LogP contribution in [0.2, 0.25) is 5.02 Å². The summed E-state index contributed by atoms with van der Waals surface area (Å²) in [5.41, 5.74) is 0.116. The first-order valence-corrected chi connectivity index (χ1v) is 7.60. The number of nitrogens with zero attached hydrogens (tertiary/aromatic N) is 4. The Kier molecular flexibility index (Phi) is 5.40. The highest BCUT2D eigenvalue weighted by Crippen LogP contribution is 2.38. The molecule has 1 aromatic heterocycles. The van der Waals surface area contributed by atoms with E-state index in [0.717, 1.165) is 24.8 Å². The van der Waals surface area contributed by atoms with Crippen molar-refractivity contribution in [3.63, 3.8) is 0 Å². The van der Waals surface area contributed by atoms with E-state index in [1.54, 1.807) is 30.3 Å². The lowest BCUT2D eigenvalue weighted by Crippen LogP contribution is -2.31. The molecule has 1 unspecified atom stereocenters. The largest absolute Gasteiger partial charge is 0.496 e. The van der Waals surface area contributed by atoms with Crippen molar-refractivity contribution >= 4 is 11.6 Å². The average Bonchev–Trinajstić information content (AvgIpc) is 3.04. The van der Waals surface area contributed by atoms with Crippen LogP contribution in [0.3, 0.4) is 0 Å². The summed E-state index contributed by atoms with van der Waals surface area (Å²) in [6, 6.07) is 7.90. The van der Waals surface area contributed by atoms with Gasteiger partial charge in [0.1, 0.15) is 23.8 Å². The predicted molar refractivity (Wildman–Crippen MR) is 84.8 cm³/mol. The molecule has 1 aromatic carbocycles. The molecule has 0 amide bonds. The van der Waals surface area contributed by atoms with Gasteiger partial charge in [-0.2, -0.15) is 10.4 Å². The van der Waals surface area contributed by atoms with Crippen LogP contribution >= 0.6 is 11.6 Å². The van der Waals surface area contributed by atoms with Crippen molar-refractivity contribution in [2.24, 2.45) is 0 Å². The molecule has 0 N–H and O–H groups in total. The van der Waals surface area contributed by atoms with Crippen LogP contribution in [0.5, 0.6) is 5.75 Å². The second kappa shape index (κ2) is 7.28. The van der Waals surface area contributed by atoms with E-state index in [0.29, 0.717) is 17.3 Å². The Labute approximate surface area is 135 Å². The van der Waals surface area contributed by atoms with E-state index < -0.39 is 5.41 Å². The third-order valence-corrected chi connectivity index (χ3v) is 3.98. The minimum atomic E-state index is -0.723. The molecular weight excluding hydrogens is 300 g/mol. The van der Waals surface area contributed by atoms with Crippen LogP contribution in [0.25, 0.3) is 0 Å². The maximum Gasteiger partial charge on any atom is 0.137 e. The molecule has 6 heteroatoms. The van der Waals surface area contributed by atoms with E-state index in [4.69, 9.17) is 16.3 Å². The molecule has 0 fully saturated rings. The van der Waals surface area contributed by atoms with Gasteiger partial charge in [0, 0.05) is 10.6 Å². The van der Waals surface area contributed by atoms with Gasteiger partial charge in [-0.25, -0.2) is 4.98 Å². The molecule has 22 heavy (non-hydrogen) atoms. The molecule has 0 aliphatic rings. The number of hydrogen-bond donors (Lipinski definition) is 0. The van der Waals surface area contributed by atoms with E-state index >= 15 is 0 Å². The molecule has 5 nitrogen and oxygen atoms in total. The van der Waals surface area contributed by atoms with Crippen LogP contribution in [0.15, 0.2) is 30.9 Å². The van der Waals surface area contributed by atoms with Gasteiger partial charge in [-0.15, -0.1) is 0 Å². The number of halogens is 1. The van der Waals surface area contributed by atoms with Gasteiger partial charge >= 0.3 is 0 Å². The van der Waals surface area contributed by atoms with Crippen molar-refractivity contribution in [1.29, 1.82) is 5.26 Å². The van der Waals surface area contributed by atoms with E-state index in [9.17, 15) is 5.26 Å². The van der Waals surface area contributed by atoms with Gasteiger partial charge < -0.3 is 4.74 Å². The maximum absolute atomic E-state index is 9.94. The Morgan fingerprint density at radius 3 is 2.86 bits per heavy atom. The summed E-state index contributed by atoms with van der Waals surface area (Å²) in [6.45, 7) is 2.54. The normalized spacial score (nSPS) is 13.4. The van der Waals surface area contributed by atoms with Gasteiger partial charge in [-0.1, -0.05) is 37.4 Å². The van der Waals surface area contributed by atoms with Gasteiger partial charge in [-0.3, -0.25) is 4.68 Å². The predicted octanol–water partition coefficient (Wildman–Crippen LogP) is 3.59. The first-order chi connectivity index (χ1) is 10.6. The molecule has 0 spiro atoms. The summed E-state index contributed by atoms with van der Waals surface area (Å²) in [5, 5.41) is 14.7. The molecule has 0 saturated heterocycles. The number of ether oxygens (including phenoxy) is 1. The minimum Gasteiger partial charge on any atom is -0.496 e. The molecule has 1 atom stereocenters. The van der Waals surface area contributed by atoms with Gasteiger partial charge in [0.25, 0.3) is 0 Å². The lowest BCUT2D eigenvalue weighted by atomic mass is 9.77. The highest BCUT2D eigenvalue weighted by molar-refractivity contribution is 6.30. The molecule has 2 aromatic rings. The zero-order chi connectivity index (χ0) is 16.0. The van der Waals surface area contributed by atoms with Gasteiger partial charge in [0.2, 0.25) is 0 Å². The number of unbranched alkanes of at least 4 members (excludes halogenated alkanes) is 1. The number of rotatable bonds is 7. The lowest BCUT2D eigenvalue weighted by Gasteiger charge is -2.28. The van der Waals surface area contributed by atoms with Crippen molar-refractivity contribution in [2.75, 3.05) is 7.11 Å². The van der Waals surface area contributed by atoms with Crippen molar-refractivity contribution in [3.8, 4) is 11.8 Å². The summed E-state index contributed by atoms with van der Waals surface area (Å²) in [5.74, 6) is 0.630. The van der Waals surface area contributed by atoms with Crippen LogP contribution in [0.4, 0.5) is 0 Å². The maximum atomic E-state index is 9.94. The summed E-state index contributed by atoms with van der Waals surface area (Å²) in [7, 11) is 1.59. The molecule has 0 aliphatic heterocycles. The Bertz CT molecular complexity index is 651. The summed E-state index contributed by atoms with van der Waals surface area (Å²) >= 11 is 6.05. The third kappa shape index (κ3) is 3.40. The zero-order valence-corrected chi connectivity index (χ0v) is 13.5. The monoisotopic (exact) mass is 318 g/mol. The smallest absolute Gasteiger partial charge is 0.137 e. The van der Waals surface area contributed by atoms with Crippen LogP contribution < -0.4 is 4.74 Å². The zero-order valence-electron chi connectivity index (χ0n) is 12.8. The summed E-state index contributed by atoms with van der Waals surface area (Å²) in [4.78, 5) is 3.96. The standard InChI is InChI=1S/C16H19ClN4O/c1-3-4-7-16(9-18,10-21-12-19-11-20-21)14-6-5-13(17)8-15(14)22-2/h5-6,8,11-12H,3-4,7,10H2,1-2H3. The fraction of sp³-hybridized carbons (Fsp3) is 0.438. The van der Waals surface area contributed by atoms with E-state index in [1.165, 1.54) is 6.33 Å². The van der Waals surface area contributed by atoms with Crippen LogP contribution in [-0.2, 0) is 12.0 Å². The molecule has 116 valence electrons. The molecule has 0 bridgehead atoms. The Morgan fingerprint density at radius 2 is 2.27 bits per heavy atom. The molecule has 2 rings (SSSR count). The highest BCUT2D eigenvalue weighted by atomic mass is 35.5. The molecule has 0 saturated carbocycles. The summed E-state index contributed by atoms with van der Waals surface area (Å²) < 4.78 is 7.14. The van der Waals surface area contributed by atoms with Crippen molar-refractivity contribution in [2.45, 2.75) is 38.1 Å². The topological polar surface area (TPSA) is 63.7 Å². The SMILES string of the molecule is CCCCC(C#N)(Cn1cncn1)c1ccc(Cl)cc1OC. The number of hydrogen-bond acceptors (Lipinski definition) is 4. The second-order valence-electron chi connectivity index (χ2n) is 5.24. The summed E-state index contributed by atoms with van der Waals surface area (Å²) in [6.07, 6.45) is 5.77. The number of aromatic nitrogens is 3. The van der Waals surface area contributed by atoms with Crippen LogP contribution in [-0.4, -0.2) is 21.9 Å². The fourth-order valence-electron chi connectivity index (χ4n) is 2.58.